The van der Waals surface area contributed by atoms with Crippen molar-refractivity contribution in [3.05, 3.63) is 11.9 Å². The summed E-state index contributed by atoms with van der Waals surface area (Å²) in [5.74, 6) is 0. The van der Waals surface area contributed by atoms with Crippen molar-refractivity contribution in [2.24, 2.45) is 9.98 Å². The standard InChI is InChI=1S/C6H10N2.C2H6/c1-4-8-6(2)5-7-3;1-2/h4-5H,3H2,1-2H3;1-2H3/b6-5-,8-4?;. The minimum absolute atomic E-state index is 0.877. The summed E-state index contributed by atoms with van der Waals surface area (Å²) in [6.45, 7) is 11.0. The van der Waals surface area contributed by atoms with Gasteiger partial charge in [-0.25, -0.2) is 0 Å². The van der Waals surface area contributed by atoms with Crippen LogP contribution in [0.4, 0.5) is 0 Å². The van der Waals surface area contributed by atoms with Crippen LogP contribution in [-0.2, 0) is 0 Å². The van der Waals surface area contributed by atoms with Crippen LogP contribution in [0.3, 0.4) is 0 Å². The van der Waals surface area contributed by atoms with E-state index in [4.69, 9.17) is 0 Å². The molecule has 0 atom stereocenters. The van der Waals surface area contributed by atoms with Crippen LogP contribution in [0, 0.1) is 0 Å². The Morgan fingerprint density at radius 2 is 1.90 bits per heavy atom. The molecule has 0 saturated heterocycles. The second kappa shape index (κ2) is 11.0. The van der Waals surface area contributed by atoms with E-state index in [-0.39, 0.29) is 0 Å². The predicted octanol–water partition coefficient (Wildman–Crippen LogP) is 2.67. The first-order valence-electron chi connectivity index (χ1n) is 3.42. The van der Waals surface area contributed by atoms with Crippen molar-refractivity contribution in [3.63, 3.8) is 0 Å². The molecular formula is C8H16N2. The number of hydrogen-bond donors (Lipinski definition) is 0. The molecule has 0 saturated carbocycles. The fraction of sp³-hybridized carbons (Fsp3) is 0.500. The molecule has 2 heteroatoms. The highest BCUT2D eigenvalue weighted by Gasteiger charge is 1.73. The molecule has 58 valence electrons. The lowest BCUT2D eigenvalue weighted by Crippen LogP contribution is -1.65. The van der Waals surface area contributed by atoms with E-state index in [1.807, 2.05) is 27.7 Å². The normalized spacial score (nSPS) is 10.6. The third-order valence-corrected chi connectivity index (χ3v) is 0.611. The van der Waals surface area contributed by atoms with Crippen molar-refractivity contribution in [2.45, 2.75) is 27.7 Å². The van der Waals surface area contributed by atoms with E-state index in [1.165, 1.54) is 0 Å². The molecule has 0 aromatic carbocycles. The fourth-order valence-corrected chi connectivity index (χ4v) is 0.369. The minimum atomic E-state index is 0.877. The Hall–Kier alpha value is -0.920. The number of aliphatic imine (C=N–C) groups is 2. The summed E-state index contributed by atoms with van der Waals surface area (Å²) in [5.41, 5.74) is 0.877. The number of allylic oxidation sites excluding steroid dienone is 1. The van der Waals surface area contributed by atoms with Crippen LogP contribution < -0.4 is 0 Å². The average Bonchev–Trinajstić information content (AvgIpc) is 1.93. The van der Waals surface area contributed by atoms with Gasteiger partial charge in [0, 0.05) is 12.4 Å². The molecule has 0 aliphatic rings. The Kier molecular flexibility index (Phi) is 13.0. The van der Waals surface area contributed by atoms with Crippen LogP contribution >= 0.6 is 0 Å². The van der Waals surface area contributed by atoms with Crippen LogP contribution in [0.2, 0.25) is 0 Å². The Labute approximate surface area is 63.4 Å². The number of nitrogens with zero attached hydrogens (tertiary/aromatic N) is 2. The van der Waals surface area contributed by atoms with E-state index in [2.05, 4.69) is 16.7 Å². The molecule has 0 spiro atoms. The highest BCUT2D eigenvalue weighted by Crippen LogP contribution is 1.90. The van der Waals surface area contributed by atoms with E-state index in [9.17, 15) is 0 Å². The first kappa shape index (κ1) is 11.8. The van der Waals surface area contributed by atoms with Gasteiger partial charge in [0.2, 0.25) is 0 Å². The molecule has 0 aliphatic carbocycles. The zero-order chi connectivity index (χ0) is 8.41. The van der Waals surface area contributed by atoms with Gasteiger partial charge in [0.15, 0.2) is 0 Å². The van der Waals surface area contributed by atoms with E-state index >= 15 is 0 Å². The van der Waals surface area contributed by atoms with Crippen LogP contribution in [0.5, 0.6) is 0 Å². The maximum atomic E-state index is 3.92. The zero-order valence-electron chi connectivity index (χ0n) is 7.26. The Morgan fingerprint density at radius 3 is 2.20 bits per heavy atom. The summed E-state index contributed by atoms with van der Waals surface area (Å²) < 4.78 is 0. The van der Waals surface area contributed by atoms with Gasteiger partial charge in [-0.05, 0) is 20.6 Å². The monoisotopic (exact) mass is 140 g/mol. The third-order valence-electron chi connectivity index (χ3n) is 0.611. The number of hydrogen-bond acceptors (Lipinski definition) is 2. The smallest absolute Gasteiger partial charge is 0.0550 e. The molecule has 0 rings (SSSR count). The second-order valence-electron chi connectivity index (χ2n) is 1.34. The highest BCUT2D eigenvalue weighted by molar-refractivity contribution is 5.55. The molecule has 0 aromatic rings. The molecule has 2 nitrogen and oxygen atoms in total. The fourth-order valence-electron chi connectivity index (χ4n) is 0.369. The van der Waals surface area contributed by atoms with Crippen LogP contribution in [0.1, 0.15) is 27.7 Å². The second-order valence-corrected chi connectivity index (χ2v) is 1.34. The molecule has 0 amide bonds. The van der Waals surface area contributed by atoms with Gasteiger partial charge in [-0.3, -0.25) is 9.98 Å². The quantitative estimate of drug-likeness (QED) is 0.527. The van der Waals surface area contributed by atoms with Crippen molar-refractivity contribution in [2.75, 3.05) is 0 Å². The number of rotatable bonds is 2. The van der Waals surface area contributed by atoms with Gasteiger partial charge in [0.05, 0.1) is 5.70 Å². The topological polar surface area (TPSA) is 24.7 Å². The molecular weight excluding hydrogens is 124 g/mol. The van der Waals surface area contributed by atoms with E-state index in [0.29, 0.717) is 0 Å². The van der Waals surface area contributed by atoms with Gasteiger partial charge in [-0.2, -0.15) is 0 Å². The van der Waals surface area contributed by atoms with Crippen molar-refractivity contribution in [1.82, 2.24) is 0 Å². The van der Waals surface area contributed by atoms with Crippen molar-refractivity contribution in [3.8, 4) is 0 Å². The first-order chi connectivity index (χ1) is 4.81. The molecule has 0 bridgehead atoms. The van der Waals surface area contributed by atoms with Gasteiger partial charge in [-0.1, -0.05) is 13.8 Å². The summed E-state index contributed by atoms with van der Waals surface area (Å²) in [5, 5.41) is 0. The Bertz CT molecular complexity index is 123. The summed E-state index contributed by atoms with van der Waals surface area (Å²) in [4.78, 5) is 7.45. The SMILES string of the molecule is C=N/C=C(/C)N=CC.CC. The van der Waals surface area contributed by atoms with Crippen molar-refractivity contribution < 1.29 is 0 Å². The third kappa shape index (κ3) is 10.1. The highest BCUT2D eigenvalue weighted by atomic mass is 14.8. The molecule has 0 radical (unpaired) electrons. The molecule has 0 heterocycles. The van der Waals surface area contributed by atoms with Crippen LogP contribution in [0.15, 0.2) is 21.9 Å². The minimum Gasteiger partial charge on any atom is -0.271 e. The maximum Gasteiger partial charge on any atom is 0.0550 e. The van der Waals surface area contributed by atoms with Crippen molar-refractivity contribution >= 4 is 12.9 Å². The van der Waals surface area contributed by atoms with Gasteiger partial charge in [-0.15, -0.1) is 0 Å². The lowest BCUT2D eigenvalue weighted by Gasteiger charge is -1.82. The van der Waals surface area contributed by atoms with E-state index in [1.54, 1.807) is 12.4 Å². The summed E-state index contributed by atoms with van der Waals surface area (Å²) >= 11 is 0. The Balaban J connectivity index is 0. The largest absolute Gasteiger partial charge is 0.271 e. The van der Waals surface area contributed by atoms with Crippen LogP contribution in [-0.4, -0.2) is 12.9 Å². The maximum absolute atomic E-state index is 3.92. The molecule has 0 N–H and O–H groups in total. The molecule has 0 aliphatic heterocycles. The average molecular weight is 140 g/mol. The summed E-state index contributed by atoms with van der Waals surface area (Å²) in [6, 6.07) is 0. The van der Waals surface area contributed by atoms with E-state index < -0.39 is 0 Å². The lowest BCUT2D eigenvalue weighted by molar-refractivity contribution is 1.28. The van der Waals surface area contributed by atoms with Crippen molar-refractivity contribution in [1.29, 1.82) is 0 Å². The van der Waals surface area contributed by atoms with Gasteiger partial charge >= 0.3 is 0 Å². The summed E-state index contributed by atoms with van der Waals surface area (Å²) in [6.07, 6.45) is 3.33. The first-order valence-corrected chi connectivity index (χ1v) is 3.42. The summed E-state index contributed by atoms with van der Waals surface area (Å²) in [7, 11) is 0. The molecule has 0 unspecified atom stereocenters. The zero-order valence-corrected chi connectivity index (χ0v) is 7.26. The van der Waals surface area contributed by atoms with E-state index in [0.717, 1.165) is 5.70 Å². The Morgan fingerprint density at radius 1 is 1.40 bits per heavy atom. The molecule has 0 fully saturated rings. The van der Waals surface area contributed by atoms with Gasteiger partial charge in [0.25, 0.3) is 0 Å². The van der Waals surface area contributed by atoms with Crippen LogP contribution in [0.25, 0.3) is 0 Å². The van der Waals surface area contributed by atoms with Gasteiger partial charge < -0.3 is 0 Å². The lowest BCUT2D eigenvalue weighted by atomic mass is 10.5. The predicted molar refractivity (Wildman–Crippen MR) is 48.8 cm³/mol. The molecule has 0 aromatic heterocycles. The van der Waals surface area contributed by atoms with Gasteiger partial charge in [0.1, 0.15) is 0 Å². The molecule has 10 heavy (non-hydrogen) atoms.